The van der Waals surface area contributed by atoms with Crippen molar-refractivity contribution in [1.29, 1.82) is 0 Å². The van der Waals surface area contributed by atoms with E-state index in [0.29, 0.717) is 12.2 Å². The first-order valence-corrected chi connectivity index (χ1v) is 17.2. The first-order chi connectivity index (χ1) is 24.5. The number of hydrogen-bond acceptors (Lipinski definition) is 5. The maximum Gasteiger partial charge on any atom is 0.205 e. The minimum Gasteiger partial charge on any atom is -0.294 e. The van der Waals surface area contributed by atoms with Crippen LogP contribution in [-0.4, -0.2) is 35.8 Å². The molecule has 0 radical (unpaired) electrons. The smallest absolute Gasteiger partial charge is 0.205 e. The second-order valence-electron chi connectivity index (χ2n) is 12.7. The van der Waals surface area contributed by atoms with Crippen molar-refractivity contribution >= 4 is 5.78 Å². The molecule has 2 aromatic heterocycles. The van der Waals surface area contributed by atoms with Gasteiger partial charge in [0, 0.05) is 18.5 Å². The van der Waals surface area contributed by atoms with Crippen molar-refractivity contribution in [2.45, 2.75) is 52.1 Å². The minimum absolute atomic E-state index is 0.0576. The van der Waals surface area contributed by atoms with Gasteiger partial charge in [0.05, 0.1) is 17.0 Å². The summed E-state index contributed by atoms with van der Waals surface area (Å²) < 4.78 is 2.02. The Kier molecular flexibility index (Phi) is 9.30. The van der Waals surface area contributed by atoms with Crippen molar-refractivity contribution in [1.82, 2.24) is 30.0 Å². The zero-order chi connectivity index (χ0) is 34.5. The minimum atomic E-state index is -0.855. The lowest BCUT2D eigenvalue weighted by Gasteiger charge is -2.34. The van der Waals surface area contributed by atoms with E-state index in [2.05, 4.69) is 73.7 Å². The van der Waals surface area contributed by atoms with Crippen LogP contribution in [0.25, 0.3) is 22.5 Å². The van der Waals surface area contributed by atoms with Crippen LogP contribution in [0.3, 0.4) is 0 Å². The second-order valence-corrected chi connectivity index (χ2v) is 12.7. The van der Waals surface area contributed by atoms with Crippen molar-refractivity contribution in [3.05, 3.63) is 179 Å². The van der Waals surface area contributed by atoms with Crippen LogP contribution in [-0.2, 0) is 18.5 Å². The summed E-state index contributed by atoms with van der Waals surface area (Å²) in [6.45, 7) is 6.53. The summed E-state index contributed by atoms with van der Waals surface area (Å²) in [4.78, 5) is 14.4. The maximum atomic E-state index is 12.6. The van der Waals surface area contributed by atoms with Crippen LogP contribution in [0, 0.1) is 6.92 Å². The van der Waals surface area contributed by atoms with E-state index in [1.54, 1.807) is 11.7 Å². The topological polar surface area (TPSA) is 78.5 Å². The predicted molar refractivity (Wildman–Crippen MR) is 198 cm³/mol. The molecule has 0 saturated carbocycles. The molecule has 7 heteroatoms. The molecule has 248 valence electrons. The first kappa shape index (κ1) is 32.6. The zero-order valence-electron chi connectivity index (χ0n) is 28.7. The number of unbranched alkanes of at least 4 members (excludes halogenated alkanes) is 1. The molecule has 50 heavy (non-hydrogen) atoms. The molecule has 0 amide bonds. The molecule has 0 saturated heterocycles. The highest BCUT2D eigenvalue weighted by atomic mass is 16.1. The van der Waals surface area contributed by atoms with E-state index in [4.69, 9.17) is 20.5 Å². The Morgan fingerprint density at radius 3 is 1.76 bits per heavy atom. The van der Waals surface area contributed by atoms with E-state index in [1.807, 2.05) is 84.4 Å². The quantitative estimate of drug-likeness (QED) is 0.0969. The number of benzene rings is 5. The summed E-state index contributed by atoms with van der Waals surface area (Å²) in [7, 11) is 0. The number of tetrazole rings is 1. The van der Waals surface area contributed by atoms with E-state index in [-0.39, 0.29) is 5.78 Å². The van der Waals surface area contributed by atoms with E-state index in [0.717, 1.165) is 75.3 Å². The second kappa shape index (κ2) is 14.3. The third-order valence-corrected chi connectivity index (χ3v) is 9.40. The predicted octanol–water partition coefficient (Wildman–Crippen LogP) is 8.95. The molecule has 0 atom stereocenters. The van der Waals surface area contributed by atoms with Crippen molar-refractivity contribution < 1.29 is 4.79 Å². The molecular weight excluding hydrogens is 617 g/mol. The average Bonchev–Trinajstić information content (AvgIpc) is 3.77. The Morgan fingerprint density at radius 2 is 1.22 bits per heavy atom. The van der Waals surface area contributed by atoms with Crippen LogP contribution >= 0.6 is 0 Å². The number of carbonyl (C=O) groups excluding carboxylic acids is 1. The van der Waals surface area contributed by atoms with E-state index in [1.165, 1.54) is 0 Å². The summed E-state index contributed by atoms with van der Waals surface area (Å²) >= 11 is 0. The van der Waals surface area contributed by atoms with Gasteiger partial charge in [0.2, 0.25) is 5.82 Å². The van der Waals surface area contributed by atoms with Gasteiger partial charge in [-0.25, -0.2) is 0 Å². The highest BCUT2D eigenvalue weighted by Gasteiger charge is 2.41. The third-order valence-electron chi connectivity index (χ3n) is 9.40. The number of Topliss-reactive ketones (excluding diaryl/α,β-unsaturated/α-hetero) is 1. The summed E-state index contributed by atoms with van der Waals surface area (Å²) in [5, 5.41) is 19.4. The molecule has 5 aromatic carbocycles. The number of nitrogens with zero attached hydrogens (tertiary/aromatic N) is 6. The summed E-state index contributed by atoms with van der Waals surface area (Å²) in [5.74, 6) is 0.598. The Labute approximate surface area is 293 Å². The molecule has 7 rings (SSSR count). The highest BCUT2D eigenvalue weighted by Crippen LogP contribution is 2.40. The zero-order valence-corrected chi connectivity index (χ0v) is 28.7. The van der Waals surface area contributed by atoms with Crippen molar-refractivity contribution in [2.75, 3.05) is 0 Å². The molecule has 0 aliphatic heterocycles. The normalized spacial score (nSPS) is 11.5. The van der Waals surface area contributed by atoms with Gasteiger partial charge in [0.1, 0.15) is 0 Å². The van der Waals surface area contributed by atoms with Gasteiger partial charge in [-0.3, -0.25) is 9.48 Å². The molecule has 7 aromatic rings. The van der Waals surface area contributed by atoms with E-state index < -0.39 is 5.54 Å². The summed E-state index contributed by atoms with van der Waals surface area (Å²) in [5.41, 5.74) is 8.82. The largest absolute Gasteiger partial charge is 0.294 e. The number of aryl methyl sites for hydroxylation is 2. The van der Waals surface area contributed by atoms with Gasteiger partial charge in [0.25, 0.3) is 0 Å². The van der Waals surface area contributed by atoms with E-state index >= 15 is 0 Å². The monoisotopic (exact) mass is 656 g/mol. The van der Waals surface area contributed by atoms with Gasteiger partial charge in [-0.15, -0.1) is 15.0 Å². The fraction of sp³-hybridized carbons (Fsp3) is 0.186. The number of rotatable bonds is 12. The van der Waals surface area contributed by atoms with Crippen molar-refractivity contribution in [3.63, 3.8) is 0 Å². The SMILES string of the molecule is CCCCn1nc(C)c(C(C)=O)c1Cc1ccc(-c2ccccc2-c2nnn(C(c3ccccc3)(c3ccccc3)c3ccccc3)n2)cc1. The van der Waals surface area contributed by atoms with Gasteiger partial charge in [-0.2, -0.15) is 5.10 Å². The van der Waals surface area contributed by atoms with Crippen LogP contribution in [0.4, 0.5) is 0 Å². The summed E-state index contributed by atoms with van der Waals surface area (Å²) in [6, 6.07) is 47.8. The van der Waals surface area contributed by atoms with Gasteiger partial charge >= 0.3 is 0 Å². The number of hydrogen-bond donors (Lipinski definition) is 0. The average molecular weight is 657 g/mol. The Bertz CT molecular complexity index is 2110. The number of aromatic nitrogens is 6. The van der Waals surface area contributed by atoms with Crippen LogP contribution in [0.5, 0.6) is 0 Å². The standard InChI is InChI=1S/C43H40N6O/c1-4-5-29-48-40(41(32(3)50)31(2)45-48)30-33-25-27-34(28-26-33)38-23-15-16-24-39(38)42-44-47-49(46-42)43(35-17-9-6-10-18-35,36-19-11-7-12-20-36)37-21-13-8-14-22-37/h6-28H,4-5,29-30H2,1-3H3. The Balaban J connectivity index is 1.28. The Morgan fingerprint density at radius 1 is 0.680 bits per heavy atom. The van der Waals surface area contributed by atoms with Crippen LogP contribution in [0.2, 0.25) is 0 Å². The van der Waals surface area contributed by atoms with Gasteiger partial charge < -0.3 is 0 Å². The number of ketones is 1. The van der Waals surface area contributed by atoms with Crippen molar-refractivity contribution in [3.8, 4) is 22.5 Å². The summed E-state index contributed by atoms with van der Waals surface area (Å²) in [6.07, 6.45) is 2.72. The lowest BCUT2D eigenvalue weighted by molar-refractivity contribution is 0.101. The first-order valence-electron chi connectivity index (χ1n) is 17.2. The molecule has 2 heterocycles. The molecule has 0 aliphatic carbocycles. The van der Waals surface area contributed by atoms with Crippen LogP contribution in [0.1, 0.15) is 70.7 Å². The third kappa shape index (κ3) is 6.07. The van der Waals surface area contributed by atoms with Crippen LogP contribution < -0.4 is 0 Å². The molecule has 0 unspecified atom stereocenters. The molecule has 0 aliphatic rings. The Hall–Kier alpha value is -5.95. The molecule has 0 spiro atoms. The van der Waals surface area contributed by atoms with Gasteiger partial charge in [-0.05, 0) is 58.9 Å². The molecule has 0 fully saturated rings. The van der Waals surface area contributed by atoms with Gasteiger partial charge in [-0.1, -0.05) is 153 Å². The fourth-order valence-corrected chi connectivity index (χ4v) is 7.03. The van der Waals surface area contributed by atoms with Gasteiger partial charge in [0.15, 0.2) is 11.3 Å². The fourth-order valence-electron chi connectivity index (χ4n) is 7.03. The molecule has 0 bridgehead atoms. The maximum absolute atomic E-state index is 12.6. The van der Waals surface area contributed by atoms with Crippen LogP contribution in [0.15, 0.2) is 140 Å². The molecule has 7 nitrogen and oxygen atoms in total. The molecular formula is C43H40N6O. The lowest BCUT2D eigenvalue weighted by Crippen LogP contribution is -2.39. The van der Waals surface area contributed by atoms with E-state index in [9.17, 15) is 4.79 Å². The molecule has 0 N–H and O–H groups in total. The lowest BCUT2D eigenvalue weighted by atomic mass is 9.77. The number of carbonyl (C=O) groups is 1. The van der Waals surface area contributed by atoms with Crippen molar-refractivity contribution in [2.24, 2.45) is 0 Å². The highest BCUT2D eigenvalue weighted by molar-refractivity contribution is 5.96.